The number of hydrogen-bond acceptors (Lipinski definition) is 7. The number of allylic oxidation sites excluding steroid dienone is 1. The average molecular weight is 525 g/mol. The van der Waals surface area contributed by atoms with E-state index in [1.165, 1.54) is 4.90 Å². The highest BCUT2D eigenvalue weighted by atomic mass is 32.2. The average Bonchev–Trinajstić information content (AvgIpc) is 3.51. The third-order valence-corrected chi connectivity index (χ3v) is 9.44. The fourth-order valence-electron chi connectivity index (χ4n) is 5.20. The highest BCUT2D eigenvalue weighted by Gasteiger charge is 2.34. The lowest BCUT2D eigenvalue weighted by Crippen LogP contribution is -2.43. The lowest BCUT2D eigenvalue weighted by atomic mass is 9.86. The number of aromatic nitrogens is 1. The zero-order chi connectivity index (χ0) is 25.3. The van der Waals surface area contributed by atoms with Crippen molar-refractivity contribution < 1.29 is 22.7 Å². The molecule has 0 N–H and O–H groups in total. The standard InChI is InChI=1S/C27H28N2O5S2/c1-2-29(19-12-14-36(32,33)17-19)24(30)16-34-27(31)25-21-9-3-4-11-23(21)28-26-18(7-5-10-22(25)26)15-20-8-6-13-35-20/h3-4,6,8-9,11,13,15,19H,2,5,7,10,12,14,16-17H2,1H3/b18-15-/t19-/m0/s1. The summed E-state index contributed by atoms with van der Waals surface area (Å²) >= 11 is 1.66. The number of para-hydroxylation sites is 1. The van der Waals surface area contributed by atoms with E-state index in [1.54, 1.807) is 18.3 Å². The number of thiophene rings is 1. The molecule has 1 atom stereocenters. The summed E-state index contributed by atoms with van der Waals surface area (Å²) in [6.07, 6.45) is 5.02. The zero-order valence-electron chi connectivity index (χ0n) is 20.1. The number of amides is 1. The third-order valence-electron chi connectivity index (χ3n) is 6.87. The summed E-state index contributed by atoms with van der Waals surface area (Å²) in [7, 11) is -3.13. The summed E-state index contributed by atoms with van der Waals surface area (Å²) in [6.45, 7) is 1.74. The number of likely N-dealkylation sites (N-methyl/N-ethyl adjacent to an activating group) is 1. The van der Waals surface area contributed by atoms with Crippen molar-refractivity contribution in [3.8, 4) is 0 Å². The fourth-order valence-corrected chi connectivity index (χ4v) is 7.61. The van der Waals surface area contributed by atoms with Crippen molar-refractivity contribution in [2.45, 2.75) is 38.6 Å². The summed E-state index contributed by atoms with van der Waals surface area (Å²) in [6, 6.07) is 11.2. The Morgan fingerprint density at radius 2 is 2.03 bits per heavy atom. The van der Waals surface area contributed by atoms with Crippen LogP contribution >= 0.6 is 11.3 Å². The second kappa shape index (κ2) is 10.1. The molecule has 0 radical (unpaired) electrons. The van der Waals surface area contributed by atoms with Crippen molar-refractivity contribution in [2.75, 3.05) is 24.7 Å². The Morgan fingerprint density at radius 1 is 1.19 bits per heavy atom. The van der Waals surface area contributed by atoms with Gasteiger partial charge < -0.3 is 9.64 Å². The molecule has 2 aliphatic rings. The molecule has 3 heterocycles. The highest BCUT2D eigenvalue weighted by Crippen LogP contribution is 2.37. The van der Waals surface area contributed by atoms with E-state index in [9.17, 15) is 18.0 Å². The monoisotopic (exact) mass is 524 g/mol. The molecule has 9 heteroatoms. The lowest BCUT2D eigenvalue weighted by Gasteiger charge is -2.27. The molecule has 1 fully saturated rings. The van der Waals surface area contributed by atoms with E-state index in [4.69, 9.17) is 9.72 Å². The van der Waals surface area contributed by atoms with Crippen molar-refractivity contribution in [2.24, 2.45) is 0 Å². The predicted molar refractivity (Wildman–Crippen MR) is 142 cm³/mol. The smallest absolute Gasteiger partial charge is 0.339 e. The number of hydrogen-bond donors (Lipinski definition) is 0. The van der Waals surface area contributed by atoms with Gasteiger partial charge in [-0.2, -0.15) is 0 Å². The molecule has 7 nitrogen and oxygen atoms in total. The molecule has 3 aromatic rings. The van der Waals surface area contributed by atoms with Crippen LogP contribution in [0.5, 0.6) is 0 Å². The maximum absolute atomic E-state index is 13.5. The van der Waals surface area contributed by atoms with Gasteiger partial charge in [-0.15, -0.1) is 11.3 Å². The van der Waals surface area contributed by atoms with E-state index in [-0.39, 0.29) is 23.5 Å². The summed E-state index contributed by atoms with van der Waals surface area (Å²) in [5, 5.41) is 2.74. The molecule has 1 aliphatic heterocycles. The molecule has 36 heavy (non-hydrogen) atoms. The molecule has 188 valence electrons. The topological polar surface area (TPSA) is 93.6 Å². The number of pyridine rings is 1. The highest BCUT2D eigenvalue weighted by molar-refractivity contribution is 7.91. The lowest BCUT2D eigenvalue weighted by molar-refractivity contribution is -0.136. The van der Waals surface area contributed by atoms with Crippen LogP contribution in [0.1, 0.15) is 52.7 Å². The van der Waals surface area contributed by atoms with Gasteiger partial charge in [-0.25, -0.2) is 18.2 Å². The molecular formula is C27H28N2O5S2. The molecular weight excluding hydrogens is 496 g/mol. The van der Waals surface area contributed by atoms with Crippen molar-refractivity contribution in [1.29, 1.82) is 0 Å². The number of ether oxygens (including phenoxy) is 1. The van der Waals surface area contributed by atoms with Crippen molar-refractivity contribution >= 4 is 55.6 Å². The Balaban J connectivity index is 1.44. The Kier molecular flexibility index (Phi) is 6.94. The van der Waals surface area contributed by atoms with Gasteiger partial charge in [0.1, 0.15) is 0 Å². The first-order valence-corrected chi connectivity index (χ1v) is 14.9. The van der Waals surface area contributed by atoms with Crippen molar-refractivity contribution in [3.05, 3.63) is 63.5 Å². The number of rotatable bonds is 6. The van der Waals surface area contributed by atoms with Crippen LogP contribution < -0.4 is 0 Å². The van der Waals surface area contributed by atoms with Gasteiger partial charge in [0.2, 0.25) is 0 Å². The number of carbonyl (C=O) groups is 2. The Bertz CT molecular complexity index is 1440. The summed E-state index contributed by atoms with van der Waals surface area (Å²) in [5.74, 6) is -0.885. The third kappa shape index (κ3) is 4.95. The van der Waals surface area contributed by atoms with Gasteiger partial charge in [-0.3, -0.25) is 4.79 Å². The molecule has 2 aromatic heterocycles. The van der Waals surface area contributed by atoms with E-state index in [1.807, 2.05) is 35.7 Å². The van der Waals surface area contributed by atoms with Crippen LogP contribution in [0, 0.1) is 0 Å². The van der Waals surface area contributed by atoms with E-state index < -0.39 is 22.4 Å². The van der Waals surface area contributed by atoms with Gasteiger partial charge in [-0.05, 0) is 67.3 Å². The fraction of sp³-hybridized carbons (Fsp3) is 0.370. The van der Waals surface area contributed by atoms with E-state index in [0.29, 0.717) is 35.9 Å². The second-order valence-corrected chi connectivity index (χ2v) is 12.4. The normalized spacial score (nSPS) is 19.8. The van der Waals surface area contributed by atoms with Crippen LogP contribution in [-0.2, 0) is 25.8 Å². The van der Waals surface area contributed by atoms with Crippen LogP contribution in [0.15, 0.2) is 41.8 Å². The SMILES string of the molecule is CCN(C(=O)COC(=O)c1c2c(nc3ccccc13)/C(=C\c1cccs1)CCC2)[C@H]1CCS(=O)(=O)C1. The van der Waals surface area contributed by atoms with Crippen LogP contribution in [0.3, 0.4) is 0 Å². The van der Waals surface area contributed by atoms with Gasteiger partial charge in [0, 0.05) is 22.8 Å². The summed E-state index contributed by atoms with van der Waals surface area (Å²) < 4.78 is 29.4. The molecule has 0 spiro atoms. The molecule has 1 amide bonds. The molecule has 5 rings (SSSR count). The minimum Gasteiger partial charge on any atom is -0.452 e. The second-order valence-electron chi connectivity index (χ2n) is 9.18. The van der Waals surface area contributed by atoms with Crippen molar-refractivity contribution in [3.63, 3.8) is 0 Å². The van der Waals surface area contributed by atoms with E-state index in [2.05, 4.69) is 12.1 Å². The number of benzene rings is 1. The van der Waals surface area contributed by atoms with Gasteiger partial charge in [-0.1, -0.05) is 24.3 Å². The van der Waals surface area contributed by atoms with E-state index in [0.717, 1.165) is 34.5 Å². The Morgan fingerprint density at radius 3 is 2.75 bits per heavy atom. The van der Waals surface area contributed by atoms with Gasteiger partial charge in [0.05, 0.1) is 28.3 Å². The zero-order valence-corrected chi connectivity index (χ0v) is 21.7. The van der Waals surface area contributed by atoms with Gasteiger partial charge in [0.25, 0.3) is 5.91 Å². The molecule has 1 aromatic carbocycles. The molecule has 1 aliphatic carbocycles. The van der Waals surface area contributed by atoms with E-state index >= 15 is 0 Å². The molecule has 0 unspecified atom stereocenters. The summed E-state index contributed by atoms with van der Waals surface area (Å²) in [4.78, 5) is 34.0. The number of carbonyl (C=O) groups excluding carboxylic acids is 2. The van der Waals surface area contributed by atoms with Crippen LogP contribution in [0.4, 0.5) is 0 Å². The van der Waals surface area contributed by atoms with Gasteiger partial charge >= 0.3 is 5.97 Å². The number of fused-ring (bicyclic) bond motifs is 2. The maximum Gasteiger partial charge on any atom is 0.339 e. The Labute approximate surface area is 214 Å². The number of nitrogens with zero attached hydrogens (tertiary/aromatic N) is 2. The molecule has 1 saturated heterocycles. The largest absolute Gasteiger partial charge is 0.452 e. The van der Waals surface area contributed by atoms with Crippen LogP contribution in [0.25, 0.3) is 22.6 Å². The minimum absolute atomic E-state index is 0.0393. The first kappa shape index (κ1) is 24.6. The van der Waals surface area contributed by atoms with Crippen LogP contribution in [-0.4, -0.2) is 60.9 Å². The minimum atomic E-state index is -3.13. The van der Waals surface area contributed by atoms with Crippen molar-refractivity contribution in [1.82, 2.24) is 9.88 Å². The molecule has 0 bridgehead atoms. The predicted octanol–water partition coefficient (Wildman–Crippen LogP) is 4.37. The number of esters is 1. The molecule has 0 saturated carbocycles. The summed E-state index contributed by atoms with van der Waals surface area (Å²) in [5.41, 5.74) is 3.94. The first-order valence-electron chi connectivity index (χ1n) is 12.2. The maximum atomic E-state index is 13.5. The number of sulfone groups is 1. The quantitative estimate of drug-likeness (QED) is 0.445. The van der Waals surface area contributed by atoms with Gasteiger partial charge in [0.15, 0.2) is 16.4 Å². The van der Waals surface area contributed by atoms with Crippen LogP contribution in [0.2, 0.25) is 0 Å². The first-order chi connectivity index (χ1) is 17.4. The Hall–Kier alpha value is -3.04.